The van der Waals surface area contributed by atoms with Gasteiger partial charge < -0.3 is 19.0 Å². The predicted octanol–water partition coefficient (Wildman–Crippen LogP) is 4.28. The van der Waals surface area contributed by atoms with Crippen LogP contribution in [0, 0.1) is 0 Å². The molecular formula is C28H24N2O6. The largest absolute Gasteiger partial charge is 0.490 e. The summed E-state index contributed by atoms with van der Waals surface area (Å²) in [4.78, 5) is 25.4. The Hall–Kier alpha value is -4.69. The van der Waals surface area contributed by atoms with Crippen LogP contribution in [0.2, 0.25) is 0 Å². The van der Waals surface area contributed by atoms with E-state index in [0.29, 0.717) is 29.0 Å². The first-order valence-electron chi connectivity index (χ1n) is 11.2. The molecule has 0 aliphatic heterocycles. The molecule has 36 heavy (non-hydrogen) atoms. The molecule has 0 fully saturated rings. The van der Waals surface area contributed by atoms with Crippen molar-refractivity contribution >= 4 is 18.1 Å². The van der Waals surface area contributed by atoms with E-state index in [1.807, 2.05) is 0 Å². The van der Waals surface area contributed by atoms with Crippen molar-refractivity contribution in [2.24, 2.45) is 5.10 Å². The fourth-order valence-corrected chi connectivity index (χ4v) is 3.54. The number of nitrogens with zero attached hydrogens (tertiary/aromatic N) is 1. The number of aliphatic hydroxyl groups is 1. The molecule has 1 aromatic heterocycles. The van der Waals surface area contributed by atoms with Gasteiger partial charge in [0.2, 0.25) is 5.76 Å². The maximum absolute atomic E-state index is 13.1. The van der Waals surface area contributed by atoms with Crippen LogP contribution in [0.5, 0.6) is 11.5 Å². The summed E-state index contributed by atoms with van der Waals surface area (Å²) in [6, 6.07) is 25.2. The van der Waals surface area contributed by atoms with Crippen molar-refractivity contribution in [1.29, 1.82) is 0 Å². The average Bonchev–Trinajstić information content (AvgIpc) is 3.46. The molecule has 2 N–H and O–H groups in total. The number of rotatable bonds is 9. The summed E-state index contributed by atoms with van der Waals surface area (Å²) in [7, 11) is 0. The normalized spacial score (nSPS) is 11.3. The highest BCUT2D eigenvalue weighted by Gasteiger charge is 2.39. The number of hydrogen-bond donors (Lipinski definition) is 2. The number of hydrazone groups is 1. The molecule has 0 bridgehead atoms. The van der Waals surface area contributed by atoms with Gasteiger partial charge in [-0.15, -0.1) is 0 Å². The molecule has 1 heterocycles. The number of esters is 1. The summed E-state index contributed by atoms with van der Waals surface area (Å²) in [6.07, 6.45) is 2.78. The van der Waals surface area contributed by atoms with Crippen molar-refractivity contribution in [1.82, 2.24) is 5.43 Å². The van der Waals surface area contributed by atoms with Gasteiger partial charge in [-0.05, 0) is 53.9 Å². The second-order valence-corrected chi connectivity index (χ2v) is 7.65. The molecule has 4 rings (SSSR count). The van der Waals surface area contributed by atoms with Crippen LogP contribution < -0.4 is 14.9 Å². The Kier molecular flexibility index (Phi) is 7.57. The summed E-state index contributed by atoms with van der Waals surface area (Å²) in [5, 5.41) is 15.5. The molecule has 0 saturated carbocycles. The Bertz CT molecular complexity index is 1300. The van der Waals surface area contributed by atoms with Gasteiger partial charge in [0.05, 0.1) is 19.1 Å². The third-order valence-corrected chi connectivity index (χ3v) is 5.28. The lowest BCUT2D eigenvalue weighted by molar-refractivity contribution is -0.136. The first-order chi connectivity index (χ1) is 17.5. The van der Waals surface area contributed by atoms with Crippen LogP contribution in [0.3, 0.4) is 0 Å². The Labute approximate surface area is 207 Å². The summed E-state index contributed by atoms with van der Waals surface area (Å²) < 4.78 is 16.0. The summed E-state index contributed by atoms with van der Waals surface area (Å²) in [6.45, 7) is 2.14. The number of ether oxygens (including phenoxy) is 2. The molecular weight excluding hydrogens is 460 g/mol. The third kappa shape index (κ3) is 5.34. The molecule has 1 amide bonds. The van der Waals surface area contributed by atoms with Crippen molar-refractivity contribution < 1.29 is 28.6 Å². The number of nitrogens with one attached hydrogen (secondary N) is 1. The van der Waals surface area contributed by atoms with E-state index in [2.05, 4.69) is 10.5 Å². The fourth-order valence-electron chi connectivity index (χ4n) is 3.54. The third-order valence-electron chi connectivity index (χ3n) is 5.28. The van der Waals surface area contributed by atoms with Crippen LogP contribution in [0.25, 0.3) is 0 Å². The molecule has 0 aliphatic rings. The molecule has 4 aromatic rings. The van der Waals surface area contributed by atoms with Gasteiger partial charge in [-0.2, -0.15) is 5.10 Å². The monoisotopic (exact) mass is 484 g/mol. The van der Waals surface area contributed by atoms with Crippen molar-refractivity contribution in [2.75, 3.05) is 6.61 Å². The maximum atomic E-state index is 13.1. The molecule has 0 spiro atoms. The molecule has 0 unspecified atom stereocenters. The SMILES string of the molecule is CCOc1cc(/C=N/NC(=O)C(O)(c2ccccc2)c2ccccc2)ccc1OC(=O)c1ccco1. The van der Waals surface area contributed by atoms with Gasteiger partial charge in [-0.1, -0.05) is 60.7 Å². The van der Waals surface area contributed by atoms with Crippen LogP contribution in [0.1, 0.15) is 34.2 Å². The topological polar surface area (TPSA) is 110 Å². The van der Waals surface area contributed by atoms with Crippen LogP contribution >= 0.6 is 0 Å². The quantitative estimate of drug-likeness (QED) is 0.159. The van der Waals surface area contributed by atoms with Crippen molar-refractivity contribution in [3.63, 3.8) is 0 Å². The highest BCUT2D eigenvalue weighted by molar-refractivity contribution is 5.91. The lowest BCUT2D eigenvalue weighted by Crippen LogP contribution is -2.43. The highest BCUT2D eigenvalue weighted by atomic mass is 16.6. The molecule has 8 nitrogen and oxygen atoms in total. The highest BCUT2D eigenvalue weighted by Crippen LogP contribution is 2.30. The molecule has 3 aromatic carbocycles. The number of hydrogen-bond acceptors (Lipinski definition) is 7. The van der Waals surface area contributed by atoms with E-state index in [1.165, 1.54) is 18.5 Å². The minimum atomic E-state index is -1.94. The zero-order chi connectivity index (χ0) is 25.4. The summed E-state index contributed by atoms with van der Waals surface area (Å²) in [5.74, 6) is -0.782. The van der Waals surface area contributed by atoms with Gasteiger partial charge in [0.1, 0.15) is 0 Å². The Morgan fingerprint density at radius 3 is 2.19 bits per heavy atom. The van der Waals surface area contributed by atoms with E-state index in [1.54, 1.807) is 91.9 Å². The predicted molar refractivity (Wildman–Crippen MR) is 133 cm³/mol. The molecule has 0 aliphatic carbocycles. The van der Waals surface area contributed by atoms with Crippen molar-refractivity contribution in [3.8, 4) is 11.5 Å². The van der Waals surface area contributed by atoms with E-state index in [4.69, 9.17) is 13.9 Å². The number of carbonyl (C=O) groups is 2. The number of carbonyl (C=O) groups excluding carboxylic acids is 2. The maximum Gasteiger partial charge on any atom is 0.379 e. The Morgan fingerprint density at radius 1 is 0.944 bits per heavy atom. The van der Waals surface area contributed by atoms with E-state index in [0.717, 1.165) is 0 Å². The molecule has 8 heteroatoms. The second-order valence-electron chi connectivity index (χ2n) is 7.65. The molecule has 0 radical (unpaired) electrons. The van der Waals surface area contributed by atoms with Crippen LogP contribution in [0.4, 0.5) is 0 Å². The number of amides is 1. The minimum Gasteiger partial charge on any atom is -0.490 e. The van der Waals surface area contributed by atoms with Gasteiger partial charge in [0, 0.05) is 0 Å². The van der Waals surface area contributed by atoms with Crippen molar-refractivity contribution in [3.05, 3.63) is 120 Å². The number of furan rings is 1. The number of benzene rings is 3. The Balaban J connectivity index is 1.53. The van der Waals surface area contributed by atoms with Gasteiger partial charge in [-0.3, -0.25) is 4.79 Å². The smallest absolute Gasteiger partial charge is 0.379 e. The minimum absolute atomic E-state index is 0.0649. The lowest BCUT2D eigenvalue weighted by atomic mass is 9.85. The second kappa shape index (κ2) is 11.2. The van der Waals surface area contributed by atoms with Gasteiger partial charge in [0.25, 0.3) is 5.91 Å². The van der Waals surface area contributed by atoms with E-state index in [9.17, 15) is 14.7 Å². The van der Waals surface area contributed by atoms with E-state index >= 15 is 0 Å². The molecule has 182 valence electrons. The Morgan fingerprint density at radius 2 is 1.61 bits per heavy atom. The lowest BCUT2D eigenvalue weighted by Gasteiger charge is -2.27. The van der Waals surface area contributed by atoms with Gasteiger partial charge >= 0.3 is 5.97 Å². The van der Waals surface area contributed by atoms with E-state index in [-0.39, 0.29) is 11.5 Å². The fraction of sp³-hybridized carbons (Fsp3) is 0.107. The summed E-state index contributed by atoms with van der Waals surface area (Å²) in [5.41, 5.74) is 1.87. The van der Waals surface area contributed by atoms with E-state index < -0.39 is 17.5 Å². The van der Waals surface area contributed by atoms with Crippen LogP contribution in [-0.2, 0) is 10.4 Å². The first-order valence-corrected chi connectivity index (χ1v) is 11.2. The summed E-state index contributed by atoms with van der Waals surface area (Å²) >= 11 is 0. The van der Waals surface area contributed by atoms with Crippen LogP contribution in [0.15, 0.2) is 107 Å². The zero-order valence-electron chi connectivity index (χ0n) is 19.5. The average molecular weight is 485 g/mol. The zero-order valence-corrected chi connectivity index (χ0v) is 19.5. The van der Waals surface area contributed by atoms with Gasteiger partial charge in [0.15, 0.2) is 17.1 Å². The van der Waals surface area contributed by atoms with Crippen LogP contribution in [-0.4, -0.2) is 29.8 Å². The standard InChI is InChI=1S/C28H24N2O6/c1-2-34-25-18-20(15-16-23(25)36-26(31)24-14-9-17-35-24)19-29-30-27(32)28(33,21-10-5-3-6-11-21)22-12-7-4-8-13-22/h3-19,33H,2H2,1H3,(H,30,32)/b29-19+. The van der Waals surface area contributed by atoms with Gasteiger partial charge in [-0.25, -0.2) is 10.2 Å². The first kappa shape index (κ1) is 24.4. The van der Waals surface area contributed by atoms with Crippen molar-refractivity contribution in [2.45, 2.75) is 12.5 Å². The molecule has 0 saturated heterocycles. The molecule has 0 atom stereocenters.